The number of aromatic nitrogens is 2. The van der Waals surface area contributed by atoms with Crippen LogP contribution in [0.3, 0.4) is 0 Å². The predicted molar refractivity (Wildman–Crippen MR) is 133 cm³/mol. The number of rotatable bonds is 16. The lowest BCUT2D eigenvalue weighted by Gasteiger charge is -2.29. The maximum atomic E-state index is 12.9. The molecule has 0 saturated heterocycles. The maximum absolute atomic E-state index is 12.9. The Morgan fingerprint density at radius 1 is 1.03 bits per heavy atom. The predicted octanol–water partition coefficient (Wildman–Crippen LogP) is 0.401. The number of aliphatic hydroxyl groups is 1. The van der Waals surface area contributed by atoms with E-state index in [0.29, 0.717) is 18.5 Å². The number of aliphatic hydroxyl groups excluding tert-OH is 1. The van der Waals surface area contributed by atoms with Crippen LogP contribution in [-0.4, -0.2) is 74.8 Å². The molecule has 0 aromatic carbocycles. The van der Waals surface area contributed by atoms with Crippen molar-refractivity contribution in [1.82, 2.24) is 25.9 Å². The maximum Gasteiger partial charge on any atom is 0.326 e. The number of aliphatic carboxylic acids is 1. The summed E-state index contributed by atoms with van der Waals surface area (Å²) in [7, 11) is 0. The van der Waals surface area contributed by atoms with Gasteiger partial charge in [-0.15, -0.1) is 0 Å². The molecule has 200 valence electrons. The second-order valence-electron chi connectivity index (χ2n) is 10.3. The van der Waals surface area contributed by atoms with Gasteiger partial charge in [-0.2, -0.15) is 0 Å². The van der Waals surface area contributed by atoms with E-state index in [2.05, 4.69) is 25.9 Å². The summed E-state index contributed by atoms with van der Waals surface area (Å²) < 4.78 is 0. The molecule has 35 heavy (non-hydrogen) atoms. The zero-order valence-electron chi connectivity index (χ0n) is 21.7. The minimum atomic E-state index is -1.09. The average molecular weight is 497 g/mol. The van der Waals surface area contributed by atoms with Crippen LogP contribution in [-0.2, 0) is 20.8 Å². The third-order valence-corrected chi connectivity index (χ3v) is 5.67. The minimum absolute atomic E-state index is 0.0382. The molecule has 0 aliphatic carbocycles. The van der Waals surface area contributed by atoms with Gasteiger partial charge >= 0.3 is 5.97 Å². The third kappa shape index (κ3) is 11.2. The lowest BCUT2D eigenvalue weighted by Crippen LogP contribution is -2.56. The molecule has 0 bridgehead atoms. The van der Waals surface area contributed by atoms with E-state index in [1.807, 2.05) is 27.7 Å². The van der Waals surface area contributed by atoms with E-state index in [1.54, 1.807) is 20.0 Å². The molecule has 11 heteroatoms. The van der Waals surface area contributed by atoms with E-state index in [0.717, 1.165) is 0 Å². The van der Waals surface area contributed by atoms with E-state index in [1.165, 1.54) is 6.33 Å². The van der Waals surface area contributed by atoms with Gasteiger partial charge in [0.05, 0.1) is 36.3 Å². The molecule has 0 aliphatic heterocycles. The van der Waals surface area contributed by atoms with Crippen LogP contribution in [0.25, 0.3) is 0 Å². The first kappa shape index (κ1) is 30.5. The van der Waals surface area contributed by atoms with Crippen molar-refractivity contribution in [2.24, 2.45) is 23.5 Å². The lowest BCUT2D eigenvalue weighted by molar-refractivity contribution is -0.143. The van der Waals surface area contributed by atoms with E-state index in [-0.39, 0.29) is 30.7 Å². The molecule has 0 radical (unpaired) electrons. The molecule has 2 unspecified atom stereocenters. The van der Waals surface area contributed by atoms with E-state index < -0.39 is 48.1 Å². The minimum Gasteiger partial charge on any atom is -0.480 e. The van der Waals surface area contributed by atoms with Crippen molar-refractivity contribution in [2.45, 2.75) is 91.1 Å². The molecule has 0 fully saturated rings. The summed E-state index contributed by atoms with van der Waals surface area (Å²) in [6.45, 7) is 11.4. The Morgan fingerprint density at radius 3 is 2.14 bits per heavy atom. The number of carbonyl (C=O) groups is 3. The fourth-order valence-electron chi connectivity index (χ4n) is 3.76. The fraction of sp³-hybridized carbons (Fsp3) is 0.750. The zero-order valence-corrected chi connectivity index (χ0v) is 21.7. The van der Waals surface area contributed by atoms with Crippen molar-refractivity contribution in [3.63, 3.8) is 0 Å². The van der Waals surface area contributed by atoms with Crippen LogP contribution in [0.5, 0.6) is 0 Å². The number of nitrogens with one attached hydrogen (secondary N) is 4. The SMILES string of the molecule is CC(C)CC(NC(=O)[C@@H](N)Cc1c[nH]cn1)C(O)CN[C@@H](CC(C)C)C(=O)N[C@H](C(=O)O)C(C)C. The molecule has 0 spiro atoms. The molecule has 1 aromatic heterocycles. The first-order valence-electron chi connectivity index (χ1n) is 12.3. The number of hydrogen-bond donors (Lipinski definition) is 7. The Morgan fingerprint density at radius 2 is 1.66 bits per heavy atom. The number of nitrogens with zero attached hydrogens (tertiary/aromatic N) is 1. The van der Waals surface area contributed by atoms with E-state index in [4.69, 9.17) is 5.73 Å². The van der Waals surface area contributed by atoms with Crippen LogP contribution in [0.2, 0.25) is 0 Å². The van der Waals surface area contributed by atoms with Gasteiger partial charge in [-0.25, -0.2) is 9.78 Å². The summed E-state index contributed by atoms with van der Waals surface area (Å²) in [6.07, 6.45) is 3.43. The van der Waals surface area contributed by atoms with Gasteiger partial charge in [0.2, 0.25) is 11.8 Å². The number of carbonyl (C=O) groups excluding carboxylic acids is 2. The monoisotopic (exact) mass is 496 g/mol. The number of aromatic amines is 1. The Bertz CT molecular complexity index is 783. The number of imidazole rings is 1. The number of hydrogen-bond acceptors (Lipinski definition) is 7. The standard InChI is InChI=1S/C24H44N6O5/c1-13(2)7-18(29-22(32)17(25)9-16-10-26-12-28-16)20(31)11-27-19(8-14(3)4)23(33)30-21(15(5)6)24(34)35/h10,12-15,17-21,27,31H,7-9,11,25H2,1-6H3,(H,26,28)(H,29,32)(H,30,33)(H,34,35)/t17-,18?,19-,20?,21-/m0/s1. The van der Waals surface area contributed by atoms with Gasteiger partial charge in [0.1, 0.15) is 6.04 Å². The molecule has 8 N–H and O–H groups in total. The van der Waals surface area contributed by atoms with E-state index >= 15 is 0 Å². The van der Waals surface area contributed by atoms with Crippen molar-refractivity contribution >= 4 is 17.8 Å². The Kier molecular flexibility index (Phi) is 12.9. The van der Waals surface area contributed by atoms with Crippen LogP contribution < -0.4 is 21.7 Å². The fourth-order valence-corrected chi connectivity index (χ4v) is 3.76. The zero-order chi connectivity index (χ0) is 26.7. The van der Waals surface area contributed by atoms with Crippen molar-refractivity contribution in [1.29, 1.82) is 0 Å². The summed E-state index contributed by atoms with van der Waals surface area (Å²) >= 11 is 0. The second kappa shape index (κ2) is 14.8. The molecule has 1 heterocycles. The molecule has 11 nitrogen and oxygen atoms in total. The highest BCUT2D eigenvalue weighted by Gasteiger charge is 2.30. The second-order valence-corrected chi connectivity index (χ2v) is 10.3. The Balaban J connectivity index is 2.83. The highest BCUT2D eigenvalue weighted by atomic mass is 16.4. The largest absolute Gasteiger partial charge is 0.480 e. The average Bonchev–Trinajstić information content (AvgIpc) is 3.25. The molecular formula is C24H44N6O5. The first-order valence-corrected chi connectivity index (χ1v) is 12.3. The van der Waals surface area contributed by atoms with Crippen LogP contribution in [0.4, 0.5) is 0 Å². The van der Waals surface area contributed by atoms with Crippen LogP contribution in [0, 0.1) is 17.8 Å². The third-order valence-electron chi connectivity index (χ3n) is 5.67. The number of amides is 2. The molecule has 5 atom stereocenters. The van der Waals surface area contributed by atoms with Gasteiger partial charge in [0, 0.05) is 19.2 Å². The smallest absolute Gasteiger partial charge is 0.326 e. The van der Waals surface area contributed by atoms with Crippen LogP contribution >= 0.6 is 0 Å². The van der Waals surface area contributed by atoms with Crippen molar-refractivity contribution in [2.75, 3.05) is 6.54 Å². The number of carboxylic acids is 1. The molecule has 1 rings (SSSR count). The highest BCUT2D eigenvalue weighted by molar-refractivity contribution is 5.87. The summed E-state index contributed by atoms with van der Waals surface area (Å²) in [5, 5.41) is 28.8. The van der Waals surface area contributed by atoms with Crippen LogP contribution in [0.15, 0.2) is 12.5 Å². The quantitative estimate of drug-likeness (QED) is 0.172. The normalized spacial score (nSPS) is 16.1. The first-order chi connectivity index (χ1) is 16.3. The number of H-pyrrole nitrogens is 1. The van der Waals surface area contributed by atoms with Gasteiger partial charge < -0.3 is 36.9 Å². The summed E-state index contributed by atoms with van der Waals surface area (Å²) in [5.74, 6) is -1.85. The van der Waals surface area contributed by atoms with Gasteiger partial charge in [-0.3, -0.25) is 9.59 Å². The number of nitrogens with two attached hydrogens (primary N) is 1. The molecule has 2 amide bonds. The molecule has 0 saturated carbocycles. The van der Waals surface area contributed by atoms with Crippen molar-refractivity contribution < 1.29 is 24.6 Å². The van der Waals surface area contributed by atoms with Gasteiger partial charge in [0.25, 0.3) is 0 Å². The van der Waals surface area contributed by atoms with Gasteiger partial charge in [-0.05, 0) is 30.6 Å². The summed E-state index contributed by atoms with van der Waals surface area (Å²) in [6, 6.07) is -3.10. The van der Waals surface area contributed by atoms with Gasteiger partial charge in [-0.1, -0.05) is 41.5 Å². The summed E-state index contributed by atoms with van der Waals surface area (Å²) in [5.41, 5.74) is 6.70. The van der Waals surface area contributed by atoms with E-state index in [9.17, 15) is 24.6 Å². The van der Waals surface area contributed by atoms with Crippen molar-refractivity contribution in [3.8, 4) is 0 Å². The number of carboxylic acid groups (broad SMARTS) is 1. The lowest BCUT2D eigenvalue weighted by atomic mass is 9.97. The Labute approximate surface area is 208 Å². The molecular weight excluding hydrogens is 452 g/mol. The van der Waals surface area contributed by atoms with Crippen LogP contribution in [0.1, 0.15) is 60.1 Å². The molecule has 0 aliphatic rings. The van der Waals surface area contributed by atoms with Crippen molar-refractivity contribution in [3.05, 3.63) is 18.2 Å². The summed E-state index contributed by atoms with van der Waals surface area (Å²) in [4.78, 5) is 44.0. The topological polar surface area (TPSA) is 182 Å². The van der Waals surface area contributed by atoms with Gasteiger partial charge in [0.15, 0.2) is 0 Å². The Hall–Kier alpha value is -2.50. The highest BCUT2D eigenvalue weighted by Crippen LogP contribution is 2.12. The molecule has 1 aromatic rings.